The Morgan fingerprint density at radius 1 is 1.11 bits per heavy atom. The van der Waals surface area contributed by atoms with Gasteiger partial charge in [0.2, 0.25) is 0 Å². The largest absolute Gasteiger partial charge is 0.382 e. The highest BCUT2D eigenvalue weighted by Gasteiger charge is 1.93. The van der Waals surface area contributed by atoms with Crippen LogP contribution in [0.5, 0.6) is 0 Å². The summed E-state index contributed by atoms with van der Waals surface area (Å²) in [5.41, 5.74) is 0. The Bertz CT molecular complexity index is 267. The Balaban J connectivity index is 1.73. The Labute approximate surface area is 113 Å². The van der Waals surface area contributed by atoms with Gasteiger partial charge in [0.05, 0.1) is 19.8 Å². The van der Waals surface area contributed by atoms with Gasteiger partial charge >= 0.3 is 0 Å². The normalized spacial score (nSPS) is 10.9. The molecule has 1 aromatic heterocycles. The minimum absolute atomic E-state index is 0.660. The topological polar surface area (TPSA) is 39.7 Å². The van der Waals surface area contributed by atoms with Gasteiger partial charge in [-0.3, -0.25) is 0 Å². The van der Waals surface area contributed by atoms with Gasteiger partial charge in [-0.05, 0) is 17.9 Å². The molecule has 1 aromatic rings. The molecule has 0 aliphatic heterocycles. The van der Waals surface area contributed by atoms with Gasteiger partial charge in [-0.25, -0.2) is 0 Å². The molecule has 0 unspecified atom stereocenters. The van der Waals surface area contributed by atoms with E-state index in [2.05, 4.69) is 22.8 Å². The zero-order chi connectivity index (χ0) is 12.9. The van der Waals surface area contributed by atoms with E-state index in [1.165, 1.54) is 4.88 Å². The minimum Gasteiger partial charge on any atom is -0.382 e. The standard InChI is InChI=1S/C13H23NO3S/c1-15-9-10-17-7-3-6-16-8-5-14-12-13-4-2-11-18-13/h2,4,11,14H,3,5-10,12H2,1H3. The van der Waals surface area contributed by atoms with Crippen LogP contribution < -0.4 is 5.32 Å². The number of thiophene rings is 1. The molecule has 0 aromatic carbocycles. The molecule has 0 saturated heterocycles. The highest BCUT2D eigenvalue weighted by Crippen LogP contribution is 2.06. The number of methoxy groups -OCH3 is 1. The predicted molar refractivity (Wildman–Crippen MR) is 74.2 cm³/mol. The lowest BCUT2D eigenvalue weighted by molar-refractivity contribution is 0.0518. The van der Waals surface area contributed by atoms with E-state index in [1.54, 1.807) is 18.4 Å². The van der Waals surface area contributed by atoms with Gasteiger partial charge in [0.25, 0.3) is 0 Å². The molecule has 0 atom stereocenters. The maximum atomic E-state index is 5.49. The van der Waals surface area contributed by atoms with Crippen LogP contribution in [0.25, 0.3) is 0 Å². The fraction of sp³-hybridized carbons (Fsp3) is 0.692. The van der Waals surface area contributed by atoms with Crippen LogP contribution in [0.2, 0.25) is 0 Å². The van der Waals surface area contributed by atoms with Crippen LogP contribution in [0.3, 0.4) is 0 Å². The SMILES string of the molecule is COCCOCCCOCCNCc1cccs1. The molecule has 1 heterocycles. The molecule has 0 spiro atoms. The third kappa shape index (κ3) is 8.60. The molecule has 0 bridgehead atoms. The first kappa shape index (κ1) is 15.6. The summed E-state index contributed by atoms with van der Waals surface area (Å²) in [6.07, 6.45) is 0.939. The van der Waals surface area contributed by atoms with Crippen LogP contribution in [-0.4, -0.2) is 46.7 Å². The first-order valence-electron chi connectivity index (χ1n) is 6.31. The maximum Gasteiger partial charge on any atom is 0.0700 e. The van der Waals surface area contributed by atoms with Crippen molar-refractivity contribution >= 4 is 11.3 Å². The van der Waals surface area contributed by atoms with Crippen LogP contribution in [0.1, 0.15) is 11.3 Å². The van der Waals surface area contributed by atoms with Crippen molar-refractivity contribution in [2.75, 3.05) is 46.7 Å². The smallest absolute Gasteiger partial charge is 0.0700 e. The zero-order valence-corrected chi connectivity index (χ0v) is 11.8. The summed E-state index contributed by atoms with van der Waals surface area (Å²) in [5.74, 6) is 0. The second-order valence-electron chi connectivity index (χ2n) is 3.83. The number of hydrogen-bond donors (Lipinski definition) is 1. The summed E-state index contributed by atoms with van der Waals surface area (Å²) in [6, 6.07) is 4.21. The lowest BCUT2D eigenvalue weighted by atomic mass is 10.4. The summed E-state index contributed by atoms with van der Waals surface area (Å²) in [6.45, 7) is 5.40. The van der Waals surface area contributed by atoms with Gasteiger partial charge in [0.15, 0.2) is 0 Å². The minimum atomic E-state index is 0.660. The molecular formula is C13H23NO3S. The highest BCUT2D eigenvalue weighted by atomic mass is 32.1. The van der Waals surface area contributed by atoms with Crippen LogP contribution in [-0.2, 0) is 20.8 Å². The quantitative estimate of drug-likeness (QED) is 0.591. The first-order valence-corrected chi connectivity index (χ1v) is 7.19. The van der Waals surface area contributed by atoms with E-state index < -0.39 is 0 Å². The third-order valence-electron chi connectivity index (χ3n) is 2.31. The lowest BCUT2D eigenvalue weighted by Gasteiger charge is -2.06. The molecule has 18 heavy (non-hydrogen) atoms. The molecule has 5 heteroatoms. The molecule has 0 aliphatic rings. The maximum absolute atomic E-state index is 5.49. The van der Waals surface area contributed by atoms with Gasteiger partial charge in [0.1, 0.15) is 0 Å². The van der Waals surface area contributed by atoms with Crippen molar-refractivity contribution in [3.05, 3.63) is 22.4 Å². The Morgan fingerprint density at radius 3 is 2.67 bits per heavy atom. The molecule has 0 aliphatic carbocycles. The van der Waals surface area contributed by atoms with Gasteiger partial charge < -0.3 is 19.5 Å². The average Bonchev–Trinajstić information content (AvgIpc) is 2.89. The van der Waals surface area contributed by atoms with Crippen molar-refractivity contribution in [1.82, 2.24) is 5.32 Å². The van der Waals surface area contributed by atoms with Gasteiger partial charge in [-0.1, -0.05) is 6.07 Å². The first-order chi connectivity index (χ1) is 8.93. The van der Waals surface area contributed by atoms with Crippen molar-refractivity contribution in [3.8, 4) is 0 Å². The zero-order valence-electron chi connectivity index (χ0n) is 11.0. The molecule has 104 valence electrons. The molecule has 0 saturated carbocycles. The van der Waals surface area contributed by atoms with Crippen molar-refractivity contribution in [1.29, 1.82) is 0 Å². The second kappa shape index (κ2) is 11.6. The molecule has 1 N–H and O–H groups in total. The van der Waals surface area contributed by atoms with E-state index in [9.17, 15) is 0 Å². The summed E-state index contributed by atoms with van der Waals surface area (Å²) < 4.78 is 15.7. The van der Waals surface area contributed by atoms with E-state index in [0.717, 1.165) is 39.3 Å². The van der Waals surface area contributed by atoms with Crippen LogP contribution in [0.15, 0.2) is 17.5 Å². The molecule has 1 rings (SSSR count). The summed E-state index contributed by atoms with van der Waals surface area (Å²) >= 11 is 1.77. The van der Waals surface area contributed by atoms with Gasteiger partial charge in [0, 0.05) is 38.3 Å². The predicted octanol–water partition coefficient (Wildman–Crippen LogP) is 1.91. The lowest BCUT2D eigenvalue weighted by Crippen LogP contribution is -2.19. The fourth-order valence-electron chi connectivity index (χ4n) is 1.38. The Kier molecular flexibility index (Phi) is 10.1. The van der Waals surface area contributed by atoms with Crippen molar-refractivity contribution in [3.63, 3.8) is 0 Å². The third-order valence-corrected chi connectivity index (χ3v) is 3.19. The number of hydrogen-bond acceptors (Lipinski definition) is 5. The number of rotatable bonds is 12. The van der Waals surface area contributed by atoms with Crippen LogP contribution in [0.4, 0.5) is 0 Å². The fourth-order valence-corrected chi connectivity index (χ4v) is 2.05. The molecule has 4 nitrogen and oxygen atoms in total. The van der Waals surface area contributed by atoms with Gasteiger partial charge in [-0.2, -0.15) is 0 Å². The average molecular weight is 273 g/mol. The van der Waals surface area contributed by atoms with Crippen molar-refractivity contribution in [2.24, 2.45) is 0 Å². The van der Waals surface area contributed by atoms with Crippen LogP contribution in [0, 0.1) is 0 Å². The molecule has 0 radical (unpaired) electrons. The highest BCUT2D eigenvalue weighted by molar-refractivity contribution is 7.09. The Hall–Kier alpha value is -0.460. The van der Waals surface area contributed by atoms with Crippen LogP contribution >= 0.6 is 11.3 Å². The van der Waals surface area contributed by atoms with Crippen molar-refractivity contribution in [2.45, 2.75) is 13.0 Å². The monoisotopic (exact) mass is 273 g/mol. The Morgan fingerprint density at radius 2 is 1.94 bits per heavy atom. The van der Waals surface area contributed by atoms with Crippen molar-refractivity contribution < 1.29 is 14.2 Å². The molecular weight excluding hydrogens is 250 g/mol. The molecule has 0 amide bonds. The molecule has 0 fully saturated rings. The second-order valence-corrected chi connectivity index (χ2v) is 4.86. The van der Waals surface area contributed by atoms with E-state index in [0.29, 0.717) is 13.2 Å². The number of ether oxygens (including phenoxy) is 3. The van der Waals surface area contributed by atoms with E-state index in [1.807, 2.05) is 0 Å². The van der Waals surface area contributed by atoms with Gasteiger partial charge in [-0.15, -0.1) is 11.3 Å². The summed E-state index contributed by atoms with van der Waals surface area (Å²) in [5, 5.41) is 5.44. The number of nitrogens with one attached hydrogen (secondary N) is 1. The summed E-state index contributed by atoms with van der Waals surface area (Å²) in [4.78, 5) is 1.36. The summed E-state index contributed by atoms with van der Waals surface area (Å²) in [7, 11) is 1.68. The van der Waals surface area contributed by atoms with E-state index in [-0.39, 0.29) is 0 Å². The van der Waals surface area contributed by atoms with E-state index >= 15 is 0 Å². The van der Waals surface area contributed by atoms with E-state index in [4.69, 9.17) is 14.2 Å².